The molecular formula is C20H26N2O8. The zero-order valence-electron chi connectivity index (χ0n) is 17.4. The molecule has 2 fully saturated rings. The normalized spacial score (nSPS) is 22.0. The molecule has 30 heavy (non-hydrogen) atoms. The maximum absolute atomic E-state index is 12.4. The lowest BCUT2D eigenvalue weighted by molar-refractivity contribution is -0.126. The van der Waals surface area contributed by atoms with Crippen molar-refractivity contribution in [2.75, 3.05) is 13.1 Å². The number of cyclic esters (lactones) is 4. The van der Waals surface area contributed by atoms with E-state index in [1.807, 2.05) is 0 Å². The fourth-order valence-electron chi connectivity index (χ4n) is 2.85. The van der Waals surface area contributed by atoms with Gasteiger partial charge in [-0.25, -0.2) is 9.59 Å². The summed E-state index contributed by atoms with van der Waals surface area (Å²) in [7, 11) is 0. The van der Waals surface area contributed by atoms with Gasteiger partial charge in [0, 0.05) is 25.2 Å². The number of carbonyl (C=O) groups excluding carboxylic acids is 4. The summed E-state index contributed by atoms with van der Waals surface area (Å²) in [5, 5.41) is 0. The molecule has 2 heterocycles. The molecule has 2 N–H and O–H groups in total. The molecule has 2 aliphatic rings. The van der Waals surface area contributed by atoms with Gasteiger partial charge in [0.05, 0.1) is 0 Å². The van der Waals surface area contributed by atoms with Crippen LogP contribution in [-0.2, 0) is 28.5 Å². The second kappa shape index (κ2) is 9.02. The van der Waals surface area contributed by atoms with Crippen LogP contribution in [0.4, 0.5) is 9.59 Å². The number of hydrogen-bond acceptors (Lipinski definition) is 8. The second-order valence-electron chi connectivity index (χ2n) is 7.70. The van der Waals surface area contributed by atoms with Gasteiger partial charge in [0.2, 0.25) is 11.8 Å². The van der Waals surface area contributed by atoms with Gasteiger partial charge in [0.25, 0.3) is 0 Å². The van der Waals surface area contributed by atoms with E-state index in [-0.39, 0.29) is 13.1 Å². The number of rotatable bonds is 8. The van der Waals surface area contributed by atoms with Crippen LogP contribution >= 0.6 is 0 Å². The Hall–Kier alpha value is -3.30. The van der Waals surface area contributed by atoms with Crippen LogP contribution in [0.2, 0.25) is 0 Å². The summed E-state index contributed by atoms with van der Waals surface area (Å²) in [6, 6.07) is 0. The monoisotopic (exact) mass is 422 g/mol. The number of primary amides is 1. The van der Waals surface area contributed by atoms with Crippen molar-refractivity contribution in [2.24, 2.45) is 5.73 Å². The topological polar surface area (TPSA) is 134 Å². The van der Waals surface area contributed by atoms with Gasteiger partial charge in [-0.2, -0.15) is 0 Å². The van der Waals surface area contributed by atoms with Gasteiger partial charge in [-0.15, -0.1) is 0 Å². The molecule has 0 aromatic carbocycles. The quantitative estimate of drug-likeness (QED) is 0.465. The van der Waals surface area contributed by atoms with Crippen LogP contribution in [0.3, 0.4) is 0 Å². The average molecular weight is 422 g/mol. The van der Waals surface area contributed by atoms with Gasteiger partial charge in [0.15, 0.2) is 22.7 Å². The molecule has 0 radical (unpaired) electrons. The standard InChI is InChI=1S/C20H26N2O8/c1-19(2)13(27-17(25)29-19)7-5-11-22(16(24)10-9-15(21)23)12-6-8-14-20(3,4)30-18(26)28-14/h7-10H,5-6,11-12H2,1-4H3,(H2,21,23)/b10-9+,13-7?,14-8?. The largest absolute Gasteiger partial charge is 0.514 e. The second-order valence-corrected chi connectivity index (χ2v) is 7.70. The molecule has 0 spiro atoms. The summed E-state index contributed by atoms with van der Waals surface area (Å²) in [5.74, 6) is -0.414. The molecule has 0 aromatic heterocycles. The SMILES string of the molecule is CC1(C)OC(=O)OC1=CCCN(CCC=C1OC(=O)OC1(C)C)C(=O)/C=C/C(N)=O. The fraction of sp³-hybridized carbons (Fsp3) is 0.500. The van der Waals surface area contributed by atoms with Crippen molar-refractivity contribution in [1.82, 2.24) is 4.90 Å². The average Bonchev–Trinajstić information content (AvgIpc) is 3.03. The maximum atomic E-state index is 12.4. The zero-order chi connectivity index (χ0) is 22.5. The molecule has 2 amide bonds. The smallest absolute Gasteiger partial charge is 0.420 e. The predicted molar refractivity (Wildman–Crippen MR) is 104 cm³/mol. The van der Waals surface area contributed by atoms with Crippen molar-refractivity contribution >= 4 is 24.1 Å². The van der Waals surface area contributed by atoms with E-state index in [1.54, 1.807) is 39.8 Å². The van der Waals surface area contributed by atoms with E-state index in [0.717, 1.165) is 12.2 Å². The van der Waals surface area contributed by atoms with Crippen molar-refractivity contribution in [1.29, 1.82) is 0 Å². The van der Waals surface area contributed by atoms with Gasteiger partial charge in [-0.3, -0.25) is 9.59 Å². The molecule has 10 heteroatoms. The highest BCUT2D eigenvalue weighted by Gasteiger charge is 2.39. The summed E-state index contributed by atoms with van der Waals surface area (Å²) in [5.41, 5.74) is 3.30. The molecule has 2 aliphatic heterocycles. The van der Waals surface area contributed by atoms with Gasteiger partial charge in [-0.05, 0) is 52.7 Å². The number of hydrogen-bond donors (Lipinski definition) is 1. The van der Waals surface area contributed by atoms with E-state index in [2.05, 4.69) is 0 Å². The first-order chi connectivity index (χ1) is 13.9. The Morgan fingerprint density at radius 1 is 0.867 bits per heavy atom. The Kier molecular flexibility index (Phi) is 6.91. The number of amides is 2. The first kappa shape index (κ1) is 23.0. The first-order valence-corrected chi connectivity index (χ1v) is 9.40. The van der Waals surface area contributed by atoms with Crippen LogP contribution in [0.1, 0.15) is 40.5 Å². The van der Waals surface area contributed by atoms with Crippen molar-refractivity contribution in [3.63, 3.8) is 0 Å². The summed E-state index contributed by atoms with van der Waals surface area (Å²) in [4.78, 5) is 47.5. The predicted octanol–water partition coefficient (Wildman–Crippen LogP) is 2.30. The fourth-order valence-corrected chi connectivity index (χ4v) is 2.85. The molecule has 164 valence electrons. The van der Waals surface area contributed by atoms with E-state index in [9.17, 15) is 19.2 Å². The third-order valence-corrected chi connectivity index (χ3v) is 4.41. The third-order valence-electron chi connectivity index (χ3n) is 4.41. The molecule has 0 atom stereocenters. The van der Waals surface area contributed by atoms with E-state index in [4.69, 9.17) is 24.7 Å². The van der Waals surface area contributed by atoms with Crippen LogP contribution in [-0.4, -0.2) is 53.3 Å². The van der Waals surface area contributed by atoms with Crippen LogP contribution < -0.4 is 5.73 Å². The molecule has 0 saturated carbocycles. The lowest BCUT2D eigenvalue weighted by Gasteiger charge is -2.21. The molecule has 0 aromatic rings. The number of nitrogens with zero attached hydrogens (tertiary/aromatic N) is 1. The Morgan fingerprint density at radius 2 is 1.30 bits per heavy atom. The highest BCUT2D eigenvalue weighted by atomic mass is 16.8. The summed E-state index contributed by atoms with van der Waals surface area (Å²) < 4.78 is 20.2. The minimum absolute atomic E-state index is 0.280. The van der Waals surface area contributed by atoms with Gasteiger partial charge in [0.1, 0.15) is 0 Å². The van der Waals surface area contributed by atoms with Crippen LogP contribution in [0.5, 0.6) is 0 Å². The van der Waals surface area contributed by atoms with Crippen LogP contribution in [0.15, 0.2) is 35.8 Å². The molecular weight excluding hydrogens is 396 g/mol. The van der Waals surface area contributed by atoms with E-state index in [0.29, 0.717) is 24.4 Å². The van der Waals surface area contributed by atoms with Gasteiger partial charge in [-0.1, -0.05) is 0 Å². The highest BCUT2D eigenvalue weighted by Crippen LogP contribution is 2.31. The van der Waals surface area contributed by atoms with Crippen LogP contribution in [0.25, 0.3) is 0 Å². The first-order valence-electron chi connectivity index (χ1n) is 9.40. The highest BCUT2D eigenvalue weighted by molar-refractivity contribution is 5.96. The summed E-state index contributed by atoms with van der Waals surface area (Å²) in [6.07, 6.45) is 4.65. The third kappa shape index (κ3) is 6.10. The molecule has 0 aliphatic carbocycles. The van der Waals surface area contributed by atoms with Crippen molar-refractivity contribution in [3.05, 3.63) is 35.8 Å². The summed E-state index contributed by atoms with van der Waals surface area (Å²) in [6.45, 7) is 7.34. The minimum Gasteiger partial charge on any atom is -0.420 e. The molecule has 10 nitrogen and oxygen atoms in total. The lowest BCUT2D eigenvalue weighted by atomic mass is 10.1. The van der Waals surface area contributed by atoms with E-state index >= 15 is 0 Å². The van der Waals surface area contributed by atoms with Gasteiger partial charge < -0.3 is 29.6 Å². The molecule has 0 unspecified atom stereocenters. The maximum Gasteiger partial charge on any atom is 0.514 e. The molecule has 0 bridgehead atoms. The Labute approximate surface area is 174 Å². The molecule has 2 saturated heterocycles. The number of carbonyl (C=O) groups is 4. The van der Waals surface area contributed by atoms with Crippen molar-refractivity contribution in [2.45, 2.75) is 51.7 Å². The Morgan fingerprint density at radius 3 is 1.63 bits per heavy atom. The van der Waals surface area contributed by atoms with E-state index in [1.165, 1.54) is 4.90 Å². The van der Waals surface area contributed by atoms with Gasteiger partial charge >= 0.3 is 12.3 Å². The van der Waals surface area contributed by atoms with E-state index < -0.39 is 35.3 Å². The molecule has 2 rings (SSSR count). The van der Waals surface area contributed by atoms with Crippen LogP contribution in [0, 0.1) is 0 Å². The summed E-state index contributed by atoms with van der Waals surface area (Å²) >= 11 is 0. The number of nitrogens with two attached hydrogens (primary N) is 1. The number of ether oxygens (including phenoxy) is 4. The zero-order valence-corrected chi connectivity index (χ0v) is 17.4. The Balaban J connectivity index is 2.04. The Bertz CT molecular complexity index is 773. The van der Waals surface area contributed by atoms with Crippen molar-refractivity contribution < 1.29 is 38.1 Å². The van der Waals surface area contributed by atoms with Crippen molar-refractivity contribution in [3.8, 4) is 0 Å². The lowest BCUT2D eigenvalue weighted by Crippen LogP contribution is -2.32. The minimum atomic E-state index is -0.875.